The molecule has 1 aliphatic rings. The van der Waals surface area contributed by atoms with Crippen LogP contribution < -0.4 is 4.90 Å². The molecule has 0 spiro atoms. The number of rotatable bonds is 3. The van der Waals surface area contributed by atoms with E-state index in [0.717, 1.165) is 11.1 Å². The zero-order chi connectivity index (χ0) is 21.1. The van der Waals surface area contributed by atoms with Gasteiger partial charge in [-0.2, -0.15) is 5.26 Å². The zero-order valence-corrected chi connectivity index (χ0v) is 17.5. The highest BCUT2D eigenvalue weighted by Gasteiger charge is 2.23. The summed E-state index contributed by atoms with van der Waals surface area (Å²) in [5.41, 5.74) is 2.33. The molecule has 2 aromatic rings. The highest BCUT2D eigenvalue weighted by Crippen LogP contribution is 2.29. The summed E-state index contributed by atoms with van der Waals surface area (Å²) in [6.07, 6.45) is 1.67. The number of carbonyl (C=O) groups is 2. The first kappa shape index (κ1) is 20.9. The molecule has 1 saturated heterocycles. The van der Waals surface area contributed by atoms with Crippen LogP contribution in [0.3, 0.4) is 0 Å². The van der Waals surface area contributed by atoms with Gasteiger partial charge in [-0.05, 0) is 35.4 Å². The van der Waals surface area contributed by atoms with Crippen molar-refractivity contribution >= 4 is 40.3 Å². The maximum atomic E-state index is 12.1. The lowest BCUT2D eigenvalue weighted by molar-refractivity contribution is 0.0828. The minimum absolute atomic E-state index is 0.178. The van der Waals surface area contributed by atoms with Crippen molar-refractivity contribution in [2.24, 2.45) is 0 Å². The summed E-state index contributed by atoms with van der Waals surface area (Å²) in [5.74, 6) is 0.394. The van der Waals surface area contributed by atoms with Gasteiger partial charge in [0.05, 0.1) is 16.1 Å². The van der Waals surface area contributed by atoms with Gasteiger partial charge in [-0.1, -0.05) is 17.7 Å². The number of piperazine rings is 1. The molecule has 0 aliphatic carbocycles. The first-order valence-electron chi connectivity index (χ1n) is 8.93. The van der Waals surface area contributed by atoms with E-state index in [2.05, 4.69) is 11.1 Å². The van der Waals surface area contributed by atoms with Crippen molar-refractivity contribution in [1.29, 1.82) is 5.26 Å². The summed E-state index contributed by atoms with van der Waals surface area (Å²) < 4.78 is 0. The molecule has 1 aliphatic heterocycles. The molecule has 0 unspecified atom stereocenters. The summed E-state index contributed by atoms with van der Waals surface area (Å²) in [6, 6.07) is 9.09. The quantitative estimate of drug-likeness (QED) is 0.548. The van der Waals surface area contributed by atoms with E-state index in [0.29, 0.717) is 48.1 Å². The molecule has 1 aromatic carbocycles. The van der Waals surface area contributed by atoms with E-state index in [-0.39, 0.29) is 5.91 Å². The second kappa shape index (κ2) is 8.68. The molecule has 0 N–H and O–H groups in total. The molecular weight excluding hydrogens is 413 g/mol. The van der Waals surface area contributed by atoms with Gasteiger partial charge in [-0.3, -0.25) is 9.59 Å². The van der Waals surface area contributed by atoms with Crippen LogP contribution in [0.4, 0.5) is 10.6 Å². The largest absolute Gasteiger partial charge is 0.352 e. The van der Waals surface area contributed by atoms with E-state index < -0.39 is 5.37 Å². The summed E-state index contributed by atoms with van der Waals surface area (Å²) in [5, 5.41) is 9.48. The lowest BCUT2D eigenvalue weighted by atomic mass is 10.0. The SMILES string of the molecule is CN(C)C(=O)c1ccc(-c2cnc(N3CCN(C(=O)Cl)CC3)c(C#N)c2)cc1Cl. The van der Waals surface area contributed by atoms with Crippen molar-refractivity contribution in [3.05, 3.63) is 46.6 Å². The molecule has 0 atom stereocenters. The second-order valence-electron chi connectivity index (χ2n) is 6.83. The van der Waals surface area contributed by atoms with Crippen LogP contribution in [-0.4, -0.2) is 66.3 Å². The second-order valence-corrected chi connectivity index (χ2v) is 7.56. The summed E-state index contributed by atoms with van der Waals surface area (Å²) in [4.78, 5) is 32.9. The minimum Gasteiger partial charge on any atom is -0.352 e. The number of halogens is 2. The van der Waals surface area contributed by atoms with Crippen LogP contribution in [0.5, 0.6) is 0 Å². The number of carbonyl (C=O) groups excluding carboxylic acids is 2. The Bertz CT molecular complexity index is 995. The highest BCUT2D eigenvalue weighted by atomic mass is 35.5. The molecule has 2 heterocycles. The van der Waals surface area contributed by atoms with Crippen molar-refractivity contribution in [2.75, 3.05) is 45.2 Å². The van der Waals surface area contributed by atoms with Crippen molar-refractivity contribution in [3.63, 3.8) is 0 Å². The number of amides is 2. The summed E-state index contributed by atoms with van der Waals surface area (Å²) in [7, 11) is 3.33. The molecule has 0 bridgehead atoms. The maximum absolute atomic E-state index is 12.1. The fraction of sp³-hybridized carbons (Fsp3) is 0.300. The monoisotopic (exact) mass is 431 g/mol. The number of benzene rings is 1. The molecule has 29 heavy (non-hydrogen) atoms. The lowest BCUT2D eigenvalue weighted by Crippen LogP contribution is -2.47. The predicted octanol–water partition coefficient (Wildman–Crippen LogP) is 3.46. The van der Waals surface area contributed by atoms with E-state index >= 15 is 0 Å². The third-order valence-corrected chi connectivity index (χ3v) is 5.31. The number of anilines is 1. The predicted molar refractivity (Wildman–Crippen MR) is 112 cm³/mol. The summed E-state index contributed by atoms with van der Waals surface area (Å²) >= 11 is 11.8. The van der Waals surface area contributed by atoms with Gasteiger partial charge in [0.25, 0.3) is 5.91 Å². The van der Waals surface area contributed by atoms with Gasteiger partial charge in [0.15, 0.2) is 0 Å². The number of pyridine rings is 1. The first-order valence-corrected chi connectivity index (χ1v) is 9.68. The van der Waals surface area contributed by atoms with Gasteiger partial charge in [0, 0.05) is 52.0 Å². The normalized spacial score (nSPS) is 13.8. The molecule has 0 saturated carbocycles. The Morgan fingerprint density at radius 3 is 2.38 bits per heavy atom. The summed E-state index contributed by atoms with van der Waals surface area (Å²) in [6.45, 7) is 2.06. The van der Waals surface area contributed by atoms with Crippen LogP contribution >= 0.6 is 23.2 Å². The molecule has 1 aromatic heterocycles. The van der Waals surface area contributed by atoms with E-state index in [9.17, 15) is 14.9 Å². The van der Waals surface area contributed by atoms with Crippen LogP contribution in [0.1, 0.15) is 15.9 Å². The minimum atomic E-state index is -0.471. The molecule has 150 valence electrons. The Labute approximate surface area is 179 Å². The average molecular weight is 432 g/mol. The van der Waals surface area contributed by atoms with Gasteiger partial charge >= 0.3 is 5.37 Å². The molecule has 3 rings (SSSR count). The molecule has 7 nitrogen and oxygen atoms in total. The Morgan fingerprint density at radius 2 is 1.83 bits per heavy atom. The number of aromatic nitrogens is 1. The molecular formula is C20H19Cl2N5O2. The van der Waals surface area contributed by atoms with Crippen molar-refractivity contribution in [2.45, 2.75) is 0 Å². The van der Waals surface area contributed by atoms with Crippen LogP contribution in [0.25, 0.3) is 11.1 Å². The molecule has 0 radical (unpaired) electrons. The van der Waals surface area contributed by atoms with Gasteiger partial charge in [-0.15, -0.1) is 0 Å². The standard InChI is InChI=1S/C20H19Cl2N5O2/c1-25(2)19(28)16-4-3-13(10-17(16)21)15-9-14(11-23)18(24-12-15)26-5-7-27(8-6-26)20(22)29/h3-4,9-10,12H,5-8H2,1-2H3. The number of hydrogen-bond acceptors (Lipinski definition) is 5. The van der Waals surface area contributed by atoms with Gasteiger partial charge in [-0.25, -0.2) is 4.98 Å². The third-order valence-electron chi connectivity index (χ3n) is 4.75. The van der Waals surface area contributed by atoms with E-state index in [1.54, 1.807) is 49.5 Å². The lowest BCUT2D eigenvalue weighted by Gasteiger charge is -2.34. The van der Waals surface area contributed by atoms with E-state index in [1.165, 1.54) is 4.90 Å². The topological polar surface area (TPSA) is 80.5 Å². The number of nitriles is 1. The fourth-order valence-electron chi connectivity index (χ4n) is 3.15. The van der Waals surface area contributed by atoms with Crippen LogP contribution in [0.2, 0.25) is 5.02 Å². The Balaban J connectivity index is 1.86. The zero-order valence-electron chi connectivity index (χ0n) is 16.0. The number of hydrogen-bond donors (Lipinski definition) is 0. The smallest absolute Gasteiger partial charge is 0.316 e. The molecule has 9 heteroatoms. The molecule has 2 amide bonds. The van der Waals surface area contributed by atoms with E-state index in [1.807, 2.05) is 4.90 Å². The Morgan fingerprint density at radius 1 is 1.14 bits per heavy atom. The average Bonchev–Trinajstić information content (AvgIpc) is 2.72. The highest BCUT2D eigenvalue weighted by molar-refractivity contribution is 6.62. The van der Waals surface area contributed by atoms with E-state index in [4.69, 9.17) is 23.2 Å². The maximum Gasteiger partial charge on any atom is 0.316 e. The first-order chi connectivity index (χ1) is 13.8. The van der Waals surface area contributed by atoms with Crippen LogP contribution in [0.15, 0.2) is 30.5 Å². The Hall–Kier alpha value is -2.82. The Kier molecular flexibility index (Phi) is 6.26. The van der Waals surface area contributed by atoms with Crippen molar-refractivity contribution in [1.82, 2.24) is 14.8 Å². The van der Waals surface area contributed by atoms with Crippen LogP contribution in [-0.2, 0) is 0 Å². The van der Waals surface area contributed by atoms with Gasteiger partial charge in [0.1, 0.15) is 11.9 Å². The fourth-order valence-corrected chi connectivity index (χ4v) is 3.58. The van der Waals surface area contributed by atoms with Crippen molar-refractivity contribution < 1.29 is 9.59 Å². The van der Waals surface area contributed by atoms with Gasteiger partial charge < -0.3 is 14.7 Å². The van der Waals surface area contributed by atoms with Crippen LogP contribution in [0, 0.1) is 11.3 Å². The van der Waals surface area contributed by atoms with Gasteiger partial charge in [0.2, 0.25) is 0 Å². The third kappa shape index (κ3) is 4.44. The molecule has 1 fully saturated rings. The number of nitrogens with zero attached hydrogens (tertiary/aromatic N) is 5. The van der Waals surface area contributed by atoms with Crippen molar-refractivity contribution in [3.8, 4) is 17.2 Å².